The number of fused-ring (bicyclic) bond motifs is 1. The number of furan rings is 1. The van der Waals surface area contributed by atoms with Crippen molar-refractivity contribution in [1.29, 1.82) is 0 Å². The zero-order valence-electron chi connectivity index (χ0n) is 10.8. The first-order valence-corrected chi connectivity index (χ1v) is 6.73. The number of rotatable bonds is 3. The first-order chi connectivity index (χ1) is 10.1. The minimum atomic E-state index is -1.08. The van der Waals surface area contributed by atoms with Crippen LogP contribution in [-0.4, -0.2) is 5.11 Å². The van der Waals surface area contributed by atoms with E-state index in [0.29, 0.717) is 5.39 Å². The lowest BCUT2D eigenvalue weighted by Gasteiger charge is -2.09. The molecule has 1 N–H and O–H groups in total. The Morgan fingerprint density at radius 2 is 1.90 bits per heavy atom. The molecule has 0 bridgehead atoms. The molecule has 2 nitrogen and oxygen atoms in total. The van der Waals surface area contributed by atoms with Crippen LogP contribution in [0.15, 0.2) is 46.9 Å². The maximum Gasteiger partial charge on any atom is 0.170 e. The summed E-state index contributed by atoms with van der Waals surface area (Å²) in [4.78, 5) is 0. The summed E-state index contributed by atoms with van der Waals surface area (Å²) in [5, 5.41) is 10.7. The second-order valence-electron chi connectivity index (χ2n) is 4.74. The Hall–Kier alpha value is -1.91. The quantitative estimate of drug-likeness (QED) is 0.764. The molecule has 1 atom stereocenters. The molecule has 0 saturated carbocycles. The third-order valence-electron chi connectivity index (χ3n) is 3.29. The van der Waals surface area contributed by atoms with Gasteiger partial charge in [0.1, 0.15) is 17.7 Å². The fraction of sp³-hybridized carbons (Fsp3) is 0.125. The van der Waals surface area contributed by atoms with E-state index in [1.807, 2.05) is 0 Å². The van der Waals surface area contributed by atoms with Crippen LogP contribution in [0.4, 0.5) is 8.78 Å². The summed E-state index contributed by atoms with van der Waals surface area (Å²) in [6.45, 7) is 0. The van der Waals surface area contributed by atoms with Crippen LogP contribution in [0, 0.1) is 11.6 Å². The number of para-hydroxylation sites is 1. The van der Waals surface area contributed by atoms with E-state index in [4.69, 9.17) is 16.0 Å². The fourth-order valence-electron chi connectivity index (χ4n) is 2.23. The minimum Gasteiger partial charge on any atom is -0.455 e. The maximum absolute atomic E-state index is 13.8. The van der Waals surface area contributed by atoms with Gasteiger partial charge in [-0.15, -0.1) is 0 Å². The van der Waals surface area contributed by atoms with Gasteiger partial charge in [-0.3, -0.25) is 0 Å². The molecule has 3 rings (SSSR count). The molecular weight excluding hydrogens is 298 g/mol. The van der Waals surface area contributed by atoms with Gasteiger partial charge >= 0.3 is 0 Å². The van der Waals surface area contributed by atoms with Crippen molar-refractivity contribution in [3.8, 4) is 0 Å². The van der Waals surface area contributed by atoms with E-state index in [1.54, 1.807) is 24.3 Å². The van der Waals surface area contributed by atoms with Crippen LogP contribution in [0.1, 0.15) is 17.4 Å². The van der Waals surface area contributed by atoms with Crippen molar-refractivity contribution in [2.75, 3.05) is 0 Å². The lowest BCUT2D eigenvalue weighted by molar-refractivity contribution is 0.151. The molecule has 0 radical (unpaired) electrons. The van der Waals surface area contributed by atoms with Crippen molar-refractivity contribution in [2.45, 2.75) is 12.5 Å². The first kappa shape index (κ1) is 14.0. The summed E-state index contributed by atoms with van der Waals surface area (Å²) >= 11 is 5.70. The Kier molecular flexibility index (Phi) is 3.66. The Morgan fingerprint density at radius 3 is 2.67 bits per heavy atom. The van der Waals surface area contributed by atoms with Gasteiger partial charge in [0.15, 0.2) is 11.4 Å². The predicted molar refractivity (Wildman–Crippen MR) is 76.2 cm³/mol. The zero-order chi connectivity index (χ0) is 15.0. The van der Waals surface area contributed by atoms with Crippen LogP contribution < -0.4 is 0 Å². The lowest BCUT2D eigenvalue weighted by Crippen LogP contribution is -2.02. The molecule has 2 aromatic carbocycles. The highest BCUT2D eigenvalue weighted by atomic mass is 35.5. The van der Waals surface area contributed by atoms with Gasteiger partial charge in [-0.05, 0) is 23.8 Å². The summed E-state index contributed by atoms with van der Waals surface area (Å²) in [5.41, 5.74) is 0.356. The molecule has 0 aliphatic heterocycles. The van der Waals surface area contributed by atoms with Crippen molar-refractivity contribution in [3.05, 3.63) is 70.4 Å². The third kappa shape index (κ3) is 2.64. The Labute approximate surface area is 124 Å². The topological polar surface area (TPSA) is 33.4 Å². The van der Waals surface area contributed by atoms with Gasteiger partial charge in [-0.2, -0.15) is 0 Å². The Balaban J connectivity index is 1.92. The number of hydrogen-bond acceptors (Lipinski definition) is 2. The van der Waals surface area contributed by atoms with Gasteiger partial charge in [0.25, 0.3) is 0 Å². The second-order valence-corrected chi connectivity index (χ2v) is 5.15. The largest absolute Gasteiger partial charge is 0.455 e. The first-order valence-electron chi connectivity index (χ1n) is 6.35. The zero-order valence-corrected chi connectivity index (χ0v) is 11.6. The Morgan fingerprint density at radius 1 is 1.14 bits per heavy atom. The number of halogens is 3. The van der Waals surface area contributed by atoms with E-state index in [0.717, 1.165) is 0 Å². The number of aliphatic hydroxyl groups excluding tert-OH is 1. The van der Waals surface area contributed by atoms with Gasteiger partial charge in [0.2, 0.25) is 0 Å². The molecule has 0 aliphatic carbocycles. The summed E-state index contributed by atoms with van der Waals surface area (Å²) in [6.07, 6.45) is -1.09. The molecule has 3 aromatic rings. The van der Waals surface area contributed by atoms with Crippen LogP contribution in [0.2, 0.25) is 5.02 Å². The number of aliphatic hydroxyl groups is 1. The average Bonchev–Trinajstić information content (AvgIpc) is 2.89. The predicted octanol–water partition coefficient (Wildman–Crippen LogP) is 4.64. The molecule has 0 spiro atoms. The number of benzene rings is 2. The standard InChI is InChI=1S/C16H11ClF2O2/c17-11-5-1-3-9(15(11)19)7-13(20)14-8-10-4-2-6-12(18)16(10)21-14/h1-6,8,13,20H,7H2. The Bertz CT molecular complexity index is 798. The number of hydrogen-bond donors (Lipinski definition) is 1. The van der Waals surface area contributed by atoms with Gasteiger partial charge in [0.05, 0.1) is 5.02 Å². The van der Waals surface area contributed by atoms with E-state index < -0.39 is 17.7 Å². The summed E-state index contributed by atoms with van der Waals surface area (Å²) in [6, 6.07) is 10.6. The van der Waals surface area contributed by atoms with Crippen LogP contribution >= 0.6 is 11.6 Å². The van der Waals surface area contributed by atoms with Crippen LogP contribution in [0.25, 0.3) is 11.0 Å². The van der Waals surface area contributed by atoms with Crippen molar-refractivity contribution in [3.63, 3.8) is 0 Å². The van der Waals surface area contributed by atoms with Gasteiger partial charge in [-0.25, -0.2) is 8.78 Å². The van der Waals surface area contributed by atoms with Crippen molar-refractivity contribution in [1.82, 2.24) is 0 Å². The third-order valence-corrected chi connectivity index (χ3v) is 3.58. The molecule has 0 aliphatic rings. The van der Waals surface area contributed by atoms with Crippen LogP contribution in [0.5, 0.6) is 0 Å². The maximum atomic E-state index is 13.8. The van der Waals surface area contributed by atoms with E-state index in [1.165, 1.54) is 18.2 Å². The van der Waals surface area contributed by atoms with Gasteiger partial charge in [0, 0.05) is 11.8 Å². The fourth-order valence-corrected chi connectivity index (χ4v) is 2.42. The molecule has 108 valence electrons. The van der Waals surface area contributed by atoms with Crippen molar-refractivity contribution in [2.24, 2.45) is 0 Å². The van der Waals surface area contributed by atoms with E-state index >= 15 is 0 Å². The normalized spacial score (nSPS) is 12.8. The molecular formula is C16H11ClF2O2. The molecule has 1 heterocycles. The summed E-state index contributed by atoms with van der Waals surface area (Å²) in [7, 11) is 0. The highest BCUT2D eigenvalue weighted by Gasteiger charge is 2.18. The molecule has 0 saturated heterocycles. The molecule has 0 fully saturated rings. The molecule has 5 heteroatoms. The van der Waals surface area contributed by atoms with E-state index in [2.05, 4.69) is 0 Å². The smallest absolute Gasteiger partial charge is 0.170 e. The second kappa shape index (κ2) is 5.47. The van der Waals surface area contributed by atoms with Gasteiger partial charge in [-0.1, -0.05) is 35.9 Å². The van der Waals surface area contributed by atoms with Crippen LogP contribution in [-0.2, 0) is 6.42 Å². The van der Waals surface area contributed by atoms with Crippen molar-refractivity contribution >= 4 is 22.6 Å². The summed E-state index contributed by atoms with van der Waals surface area (Å²) < 4.78 is 32.7. The van der Waals surface area contributed by atoms with Gasteiger partial charge < -0.3 is 9.52 Å². The van der Waals surface area contributed by atoms with E-state index in [9.17, 15) is 13.9 Å². The highest BCUT2D eigenvalue weighted by molar-refractivity contribution is 6.30. The van der Waals surface area contributed by atoms with Crippen LogP contribution in [0.3, 0.4) is 0 Å². The lowest BCUT2D eigenvalue weighted by atomic mass is 10.1. The molecule has 21 heavy (non-hydrogen) atoms. The highest BCUT2D eigenvalue weighted by Crippen LogP contribution is 2.29. The molecule has 1 aromatic heterocycles. The summed E-state index contributed by atoms with van der Waals surface area (Å²) in [5.74, 6) is -0.880. The average molecular weight is 309 g/mol. The van der Waals surface area contributed by atoms with Crippen molar-refractivity contribution < 1.29 is 18.3 Å². The minimum absolute atomic E-state index is 0.00431. The molecule has 0 amide bonds. The van der Waals surface area contributed by atoms with E-state index in [-0.39, 0.29) is 28.4 Å². The SMILES string of the molecule is OC(Cc1cccc(Cl)c1F)c1cc2cccc(F)c2o1. The monoisotopic (exact) mass is 308 g/mol. The molecule has 1 unspecified atom stereocenters.